The van der Waals surface area contributed by atoms with Crippen molar-refractivity contribution < 1.29 is 4.42 Å². The molecule has 1 aromatic carbocycles. The number of hydrogen-bond donors (Lipinski definition) is 0. The van der Waals surface area contributed by atoms with Crippen molar-refractivity contribution in [2.75, 3.05) is 0 Å². The van der Waals surface area contributed by atoms with Crippen molar-refractivity contribution in [3.8, 4) is 0 Å². The van der Waals surface area contributed by atoms with Gasteiger partial charge in [-0.1, -0.05) is 59.7 Å². The van der Waals surface area contributed by atoms with Gasteiger partial charge in [0, 0.05) is 23.2 Å². The lowest BCUT2D eigenvalue weighted by Gasteiger charge is -1.84. The lowest BCUT2D eigenvalue weighted by molar-refractivity contribution is 0.668. The van der Waals surface area contributed by atoms with Gasteiger partial charge >= 0.3 is 0 Å². The van der Waals surface area contributed by atoms with E-state index in [0.29, 0.717) is 0 Å². The second-order valence-electron chi connectivity index (χ2n) is 2.97. The van der Waals surface area contributed by atoms with E-state index in [1.165, 1.54) is 0 Å². The number of benzene rings is 1. The van der Waals surface area contributed by atoms with Crippen molar-refractivity contribution in [2.45, 2.75) is 41.5 Å². The number of aromatic nitrogens is 1. The molecular weight excluding hydrogens is 234 g/mol. The molecule has 0 aliphatic rings. The van der Waals surface area contributed by atoms with Gasteiger partial charge in [0.15, 0.2) is 0 Å². The first-order valence-electron chi connectivity index (χ1n) is 7.16. The average molecular weight is 259 g/mol. The maximum Gasteiger partial charge on any atom is 0.138 e. The van der Waals surface area contributed by atoms with Gasteiger partial charge in [-0.25, -0.2) is 0 Å². The van der Waals surface area contributed by atoms with E-state index in [0.717, 1.165) is 21.9 Å². The number of fused-ring (bicyclic) bond motifs is 3. The molecule has 0 atom stereocenters. The predicted octanol–water partition coefficient (Wildman–Crippen LogP) is 6.06. The minimum absolute atomic E-state index is 0.899. The molecular formula is C17H25NO. The van der Waals surface area contributed by atoms with Crippen LogP contribution >= 0.6 is 0 Å². The lowest BCUT2D eigenvalue weighted by Crippen LogP contribution is -1.67. The van der Waals surface area contributed by atoms with Gasteiger partial charge in [-0.2, -0.15) is 0 Å². The van der Waals surface area contributed by atoms with Crippen LogP contribution in [0, 0.1) is 0 Å². The van der Waals surface area contributed by atoms with Crippen molar-refractivity contribution >= 4 is 21.9 Å². The smallest absolute Gasteiger partial charge is 0.138 e. The highest BCUT2D eigenvalue weighted by Crippen LogP contribution is 2.26. The minimum Gasteiger partial charge on any atom is -0.456 e. The van der Waals surface area contributed by atoms with Crippen molar-refractivity contribution in [3.05, 3.63) is 42.7 Å². The molecule has 0 unspecified atom stereocenters. The Hall–Kier alpha value is -1.83. The first-order chi connectivity index (χ1) is 9.45. The highest BCUT2D eigenvalue weighted by molar-refractivity contribution is 6.04. The Morgan fingerprint density at radius 3 is 2.00 bits per heavy atom. The van der Waals surface area contributed by atoms with Crippen LogP contribution < -0.4 is 0 Å². The fourth-order valence-corrected chi connectivity index (χ4v) is 1.57. The molecule has 3 aromatic rings. The van der Waals surface area contributed by atoms with Gasteiger partial charge in [0.25, 0.3) is 0 Å². The molecule has 0 aliphatic carbocycles. The van der Waals surface area contributed by atoms with Crippen LogP contribution in [0.15, 0.2) is 47.1 Å². The Kier molecular flexibility index (Phi) is 9.15. The molecule has 104 valence electrons. The van der Waals surface area contributed by atoms with Crippen LogP contribution in [0.3, 0.4) is 0 Å². The highest BCUT2D eigenvalue weighted by Gasteiger charge is 2.03. The average Bonchev–Trinajstić information content (AvgIpc) is 2.92. The van der Waals surface area contributed by atoms with Crippen LogP contribution in [-0.4, -0.2) is 4.98 Å². The van der Waals surface area contributed by atoms with E-state index in [1.54, 1.807) is 6.20 Å². The zero-order valence-corrected chi connectivity index (χ0v) is 12.9. The third-order valence-corrected chi connectivity index (χ3v) is 2.18. The van der Waals surface area contributed by atoms with Crippen molar-refractivity contribution in [3.63, 3.8) is 0 Å². The van der Waals surface area contributed by atoms with Gasteiger partial charge in [-0.3, -0.25) is 4.98 Å². The Labute approximate surface area is 116 Å². The van der Waals surface area contributed by atoms with Gasteiger partial charge in [-0.05, 0) is 12.1 Å². The number of rotatable bonds is 0. The molecule has 19 heavy (non-hydrogen) atoms. The van der Waals surface area contributed by atoms with E-state index in [-0.39, 0.29) is 0 Å². The third-order valence-electron chi connectivity index (χ3n) is 2.18. The van der Waals surface area contributed by atoms with E-state index in [1.807, 2.05) is 78.1 Å². The summed E-state index contributed by atoms with van der Waals surface area (Å²) < 4.78 is 5.61. The predicted molar refractivity (Wildman–Crippen MR) is 85.6 cm³/mol. The van der Waals surface area contributed by atoms with E-state index in [2.05, 4.69) is 4.98 Å². The zero-order chi connectivity index (χ0) is 14.7. The second-order valence-corrected chi connectivity index (χ2v) is 2.97. The SMILES string of the molecule is CC.CC.CC.c1ccc2c(c1)oc1ccncc12. The topological polar surface area (TPSA) is 26.0 Å². The molecule has 0 bridgehead atoms. The summed E-state index contributed by atoms with van der Waals surface area (Å²) in [5, 5.41) is 2.21. The van der Waals surface area contributed by atoms with E-state index in [9.17, 15) is 0 Å². The molecule has 2 heteroatoms. The van der Waals surface area contributed by atoms with Crippen LogP contribution in [0.4, 0.5) is 0 Å². The van der Waals surface area contributed by atoms with Gasteiger partial charge < -0.3 is 4.42 Å². The molecule has 0 aliphatic heterocycles. The third kappa shape index (κ3) is 4.09. The molecule has 0 spiro atoms. The molecule has 2 nitrogen and oxygen atoms in total. The Balaban J connectivity index is 0.000000482. The maximum absolute atomic E-state index is 5.61. The first-order valence-corrected chi connectivity index (χ1v) is 7.16. The van der Waals surface area contributed by atoms with E-state index < -0.39 is 0 Å². The monoisotopic (exact) mass is 259 g/mol. The zero-order valence-electron chi connectivity index (χ0n) is 12.9. The van der Waals surface area contributed by atoms with Gasteiger partial charge in [0.1, 0.15) is 11.2 Å². The normalized spacial score (nSPS) is 8.53. The molecule has 2 aromatic heterocycles. The highest BCUT2D eigenvalue weighted by atomic mass is 16.3. The second kappa shape index (κ2) is 10.1. The summed E-state index contributed by atoms with van der Waals surface area (Å²) in [6.45, 7) is 12.0. The van der Waals surface area contributed by atoms with Crippen LogP contribution in [0.1, 0.15) is 41.5 Å². The quantitative estimate of drug-likeness (QED) is 0.490. The molecule has 2 heterocycles. The molecule has 0 N–H and O–H groups in total. The fraction of sp³-hybridized carbons (Fsp3) is 0.353. The number of pyridine rings is 1. The van der Waals surface area contributed by atoms with Gasteiger partial charge in [0.2, 0.25) is 0 Å². The first kappa shape index (κ1) is 17.2. The molecule has 0 saturated carbocycles. The summed E-state index contributed by atoms with van der Waals surface area (Å²) in [6, 6.07) is 9.87. The summed E-state index contributed by atoms with van der Waals surface area (Å²) in [6.07, 6.45) is 3.58. The van der Waals surface area contributed by atoms with Crippen LogP contribution in [0.2, 0.25) is 0 Å². The molecule has 0 fully saturated rings. The molecule has 0 saturated heterocycles. The minimum atomic E-state index is 0.899. The van der Waals surface area contributed by atoms with Crippen molar-refractivity contribution in [1.82, 2.24) is 4.98 Å². The largest absolute Gasteiger partial charge is 0.456 e. The number of nitrogens with zero attached hydrogens (tertiary/aromatic N) is 1. The number of hydrogen-bond acceptors (Lipinski definition) is 2. The number of para-hydroxylation sites is 1. The number of furan rings is 1. The van der Waals surface area contributed by atoms with Crippen molar-refractivity contribution in [1.29, 1.82) is 0 Å². The van der Waals surface area contributed by atoms with Crippen LogP contribution in [-0.2, 0) is 0 Å². The maximum atomic E-state index is 5.61. The van der Waals surface area contributed by atoms with Crippen molar-refractivity contribution in [2.24, 2.45) is 0 Å². The Morgan fingerprint density at radius 1 is 0.737 bits per heavy atom. The summed E-state index contributed by atoms with van der Waals surface area (Å²) >= 11 is 0. The summed E-state index contributed by atoms with van der Waals surface area (Å²) in [7, 11) is 0. The lowest BCUT2D eigenvalue weighted by atomic mass is 10.2. The van der Waals surface area contributed by atoms with Crippen LogP contribution in [0.5, 0.6) is 0 Å². The van der Waals surface area contributed by atoms with E-state index in [4.69, 9.17) is 4.42 Å². The Bertz CT molecular complexity index is 519. The molecule has 0 radical (unpaired) electrons. The fourth-order valence-electron chi connectivity index (χ4n) is 1.57. The molecule has 0 amide bonds. The van der Waals surface area contributed by atoms with Crippen LogP contribution in [0.25, 0.3) is 21.9 Å². The van der Waals surface area contributed by atoms with E-state index >= 15 is 0 Å². The molecule has 3 rings (SSSR count). The summed E-state index contributed by atoms with van der Waals surface area (Å²) in [5.41, 5.74) is 1.82. The summed E-state index contributed by atoms with van der Waals surface area (Å²) in [4.78, 5) is 4.08. The standard InChI is InChI=1S/C11H7NO.3C2H6/c1-2-4-10-8(3-1)9-7-12-6-5-11(9)13-10;3*1-2/h1-7H;3*1-2H3. The summed E-state index contributed by atoms with van der Waals surface area (Å²) in [5.74, 6) is 0. The van der Waals surface area contributed by atoms with Gasteiger partial charge in [0.05, 0.1) is 0 Å². The van der Waals surface area contributed by atoms with Gasteiger partial charge in [-0.15, -0.1) is 0 Å². The Morgan fingerprint density at radius 2 is 1.32 bits per heavy atom.